The Morgan fingerprint density at radius 3 is 1.10 bits per heavy atom. The summed E-state index contributed by atoms with van der Waals surface area (Å²) in [6.45, 7) is 0. The molecule has 0 saturated heterocycles. The second kappa shape index (κ2) is 5.16. The Bertz CT molecular complexity index is 566. The van der Waals surface area contributed by atoms with Gasteiger partial charge < -0.3 is 5.11 Å². The molecule has 0 atom stereocenters. The van der Waals surface area contributed by atoms with Crippen LogP contribution in [-0.2, 0) is 0 Å². The zero-order valence-corrected chi connectivity index (χ0v) is 9.60. The standard InChI is InChI=1S/C13H6F6O/c14-7-1-5(2-8(15)11(7)18)13(20)6-3-9(16)12(19)10(17)4-6/h1-4,13,20H. The average Bonchev–Trinajstić information content (AvgIpc) is 2.40. The summed E-state index contributed by atoms with van der Waals surface area (Å²) < 4.78 is 77.5. The van der Waals surface area contributed by atoms with Crippen molar-refractivity contribution in [2.24, 2.45) is 0 Å². The van der Waals surface area contributed by atoms with Crippen molar-refractivity contribution in [3.63, 3.8) is 0 Å². The highest BCUT2D eigenvalue weighted by molar-refractivity contribution is 5.32. The van der Waals surface area contributed by atoms with Crippen molar-refractivity contribution in [1.29, 1.82) is 0 Å². The zero-order valence-electron chi connectivity index (χ0n) is 9.60. The fourth-order valence-electron chi connectivity index (χ4n) is 1.66. The third-order valence-electron chi connectivity index (χ3n) is 2.64. The molecule has 0 amide bonds. The Kier molecular flexibility index (Phi) is 3.71. The van der Waals surface area contributed by atoms with Crippen LogP contribution in [-0.4, -0.2) is 5.11 Å². The lowest BCUT2D eigenvalue weighted by Gasteiger charge is -2.13. The number of aliphatic hydroxyl groups is 1. The largest absolute Gasteiger partial charge is 0.384 e. The van der Waals surface area contributed by atoms with Crippen molar-refractivity contribution in [1.82, 2.24) is 0 Å². The van der Waals surface area contributed by atoms with Gasteiger partial charge in [-0.3, -0.25) is 0 Å². The molecule has 7 heteroatoms. The van der Waals surface area contributed by atoms with Crippen molar-refractivity contribution >= 4 is 0 Å². The first-order chi connectivity index (χ1) is 9.31. The molecule has 0 bridgehead atoms. The first-order valence-corrected chi connectivity index (χ1v) is 5.28. The number of aliphatic hydroxyl groups excluding tert-OH is 1. The first kappa shape index (κ1) is 14.4. The first-order valence-electron chi connectivity index (χ1n) is 5.28. The van der Waals surface area contributed by atoms with Crippen LogP contribution in [0.25, 0.3) is 0 Å². The average molecular weight is 292 g/mol. The van der Waals surface area contributed by atoms with E-state index in [1.807, 2.05) is 0 Å². The molecular formula is C13H6F6O. The molecule has 1 nitrogen and oxygen atoms in total. The summed E-state index contributed by atoms with van der Waals surface area (Å²) in [4.78, 5) is 0. The van der Waals surface area contributed by atoms with Gasteiger partial charge in [-0.25, -0.2) is 26.3 Å². The van der Waals surface area contributed by atoms with Crippen LogP contribution in [0.1, 0.15) is 17.2 Å². The van der Waals surface area contributed by atoms with Gasteiger partial charge in [0.15, 0.2) is 34.9 Å². The van der Waals surface area contributed by atoms with Gasteiger partial charge in [0.2, 0.25) is 0 Å². The summed E-state index contributed by atoms with van der Waals surface area (Å²) in [5.41, 5.74) is -0.932. The molecule has 2 aromatic rings. The van der Waals surface area contributed by atoms with E-state index in [0.29, 0.717) is 24.3 Å². The lowest BCUT2D eigenvalue weighted by atomic mass is 10.0. The van der Waals surface area contributed by atoms with E-state index >= 15 is 0 Å². The molecule has 1 N–H and O–H groups in total. The Labute approximate surface area is 109 Å². The van der Waals surface area contributed by atoms with Gasteiger partial charge in [-0.1, -0.05) is 0 Å². The molecule has 0 aromatic heterocycles. The van der Waals surface area contributed by atoms with Gasteiger partial charge >= 0.3 is 0 Å². The fraction of sp³-hybridized carbons (Fsp3) is 0.0769. The summed E-state index contributed by atoms with van der Waals surface area (Å²) in [5, 5.41) is 9.76. The van der Waals surface area contributed by atoms with Crippen molar-refractivity contribution in [3.05, 3.63) is 70.3 Å². The second-order valence-electron chi connectivity index (χ2n) is 4.00. The van der Waals surface area contributed by atoms with E-state index in [1.165, 1.54) is 0 Å². The number of rotatable bonds is 2. The van der Waals surface area contributed by atoms with Crippen molar-refractivity contribution in [2.75, 3.05) is 0 Å². The minimum Gasteiger partial charge on any atom is -0.384 e. The quantitative estimate of drug-likeness (QED) is 0.662. The van der Waals surface area contributed by atoms with Gasteiger partial charge in [0.05, 0.1) is 0 Å². The maximum Gasteiger partial charge on any atom is 0.194 e. The predicted octanol–water partition coefficient (Wildman–Crippen LogP) is 3.60. The molecule has 0 saturated carbocycles. The van der Waals surface area contributed by atoms with E-state index in [1.54, 1.807) is 0 Å². The number of halogens is 6. The van der Waals surface area contributed by atoms with Crippen LogP contribution in [0.15, 0.2) is 24.3 Å². The Hall–Kier alpha value is -2.02. The van der Waals surface area contributed by atoms with E-state index in [2.05, 4.69) is 0 Å². The molecular weight excluding hydrogens is 286 g/mol. The summed E-state index contributed by atoms with van der Waals surface area (Å²) >= 11 is 0. The molecule has 0 aliphatic carbocycles. The second-order valence-corrected chi connectivity index (χ2v) is 4.00. The molecule has 20 heavy (non-hydrogen) atoms. The van der Waals surface area contributed by atoms with Crippen LogP contribution in [0, 0.1) is 34.9 Å². The van der Waals surface area contributed by atoms with Gasteiger partial charge in [0.25, 0.3) is 0 Å². The minimum absolute atomic E-state index is 0.466. The van der Waals surface area contributed by atoms with Crippen LogP contribution in [0.5, 0.6) is 0 Å². The van der Waals surface area contributed by atoms with E-state index in [9.17, 15) is 31.4 Å². The van der Waals surface area contributed by atoms with E-state index in [-0.39, 0.29) is 0 Å². The molecule has 0 aliphatic rings. The third-order valence-corrected chi connectivity index (χ3v) is 2.64. The molecule has 0 radical (unpaired) electrons. The lowest BCUT2D eigenvalue weighted by Crippen LogP contribution is -2.05. The van der Waals surface area contributed by atoms with Gasteiger partial charge in [0.1, 0.15) is 6.10 Å². The Balaban J connectivity index is 2.49. The van der Waals surface area contributed by atoms with Crippen molar-refractivity contribution in [2.45, 2.75) is 6.10 Å². The normalized spacial score (nSPS) is 11.2. The molecule has 2 rings (SSSR count). The minimum atomic E-state index is -1.84. The van der Waals surface area contributed by atoms with E-state index in [0.717, 1.165) is 0 Å². The van der Waals surface area contributed by atoms with Gasteiger partial charge in [-0.05, 0) is 35.4 Å². The molecule has 0 spiro atoms. The topological polar surface area (TPSA) is 20.2 Å². The predicted molar refractivity (Wildman–Crippen MR) is 56.7 cm³/mol. The maximum absolute atomic E-state index is 13.0. The molecule has 0 fully saturated rings. The molecule has 0 aliphatic heterocycles. The monoisotopic (exact) mass is 292 g/mol. The smallest absolute Gasteiger partial charge is 0.194 e. The highest BCUT2D eigenvalue weighted by Crippen LogP contribution is 2.27. The van der Waals surface area contributed by atoms with Gasteiger partial charge in [-0.2, -0.15) is 0 Å². The van der Waals surface area contributed by atoms with Crippen LogP contribution in [0.4, 0.5) is 26.3 Å². The van der Waals surface area contributed by atoms with Crippen LogP contribution < -0.4 is 0 Å². The highest BCUT2D eigenvalue weighted by atomic mass is 19.2. The number of benzene rings is 2. The molecule has 0 heterocycles. The highest BCUT2D eigenvalue weighted by Gasteiger charge is 2.20. The van der Waals surface area contributed by atoms with Crippen LogP contribution in [0.2, 0.25) is 0 Å². The van der Waals surface area contributed by atoms with Crippen molar-refractivity contribution in [3.8, 4) is 0 Å². The van der Waals surface area contributed by atoms with Gasteiger partial charge in [-0.15, -0.1) is 0 Å². The Morgan fingerprint density at radius 2 is 0.850 bits per heavy atom. The van der Waals surface area contributed by atoms with E-state index < -0.39 is 52.1 Å². The molecule has 2 aromatic carbocycles. The lowest BCUT2D eigenvalue weighted by molar-refractivity contribution is 0.217. The number of hydrogen-bond donors (Lipinski definition) is 1. The maximum atomic E-state index is 13.0. The van der Waals surface area contributed by atoms with Crippen molar-refractivity contribution < 1.29 is 31.4 Å². The van der Waals surface area contributed by atoms with E-state index in [4.69, 9.17) is 0 Å². The third kappa shape index (κ3) is 2.49. The zero-order chi connectivity index (χ0) is 15.0. The molecule has 0 unspecified atom stereocenters. The van der Waals surface area contributed by atoms with Gasteiger partial charge in [0, 0.05) is 0 Å². The summed E-state index contributed by atoms with van der Waals surface area (Å²) in [6.07, 6.45) is -1.84. The summed E-state index contributed by atoms with van der Waals surface area (Å²) in [5.74, 6) is -9.75. The van der Waals surface area contributed by atoms with Crippen LogP contribution >= 0.6 is 0 Å². The van der Waals surface area contributed by atoms with Crippen LogP contribution in [0.3, 0.4) is 0 Å². The fourth-order valence-corrected chi connectivity index (χ4v) is 1.66. The molecule has 106 valence electrons. The summed E-state index contributed by atoms with van der Waals surface area (Å²) in [7, 11) is 0. The number of hydrogen-bond acceptors (Lipinski definition) is 1. The SMILES string of the molecule is OC(c1cc(F)c(F)c(F)c1)c1cc(F)c(F)c(F)c1. The Morgan fingerprint density at radius 1 is 0.600 bits per heavy atom. The summed E-state index contributed by atoms with van der Waals surface area (Å²) in [6, 6.07) is 1.90.